The standard InChI is InChI=1S/C14H16BrNO3/c1-17-8-9-18-12-5-3-2-4-10(12)13(16)11-6-7-19-14(11)15/h2-7,13H,8-9,16H2,1H3. The fraction of sp³-hybridized carbons (Fsp3) is 0.286. The third-order valence-electron chi connectivity index (χ3n) is 2.78. The zero-order valence-corrected chi connectivity index (χ0v) is 12.2. The van der Waals surface area contributed by atoms with Crippen molar-refractivity contribution in [1.82, 2.24) is 0 Å². The first-order chi connectivity index (χ1) is 9.24. The maximum absolute atomic E-state index is 6.27. The highest BCUT2D eigenvalue weighted by atomic mass is 79.9. The van der Waals surface area contributed by atoms with Crippen molar-refractivity contribution in [2.24, 2.45) is 5.73 Å². The molecule has 0 aliphatic rings. The summed E-state index contributed by atoms with van der Waals surface area (Å²) in [6.07, 6.45) is 1.60. The molecule has 1 aromatic heterocycles. The van der Waals surface area contributed by atoms with Gasteiger partial charge in [0.25, 0.3) is 0 Å². The first kappa shape index (κ1) is 14.1. The van der Waals surface area contributed by atoms with Crippen LogP contribution in [0.25, 0.3) is 0 Å². The van der Waals surface area contributed by atoms with E-state index in [2.05, 4.69) is 15.9 Å². The van der Waals surface area contributed by atoms with Gasteiger partial charge in [-0.1, -0.05) is 18.2 Å². The second-order valence-electron chi connectivity index (χ2n) is 4.01. The van der Waals surface area contributed by atoms with Crippen molar-refractivity contribution in [2.45, 2.75) is 6.04 Å². The Hall–Kier alpha value is -1.30. The van der Waals surface area contributed by atoms with Crippen LogP contribution in [0.3, 0.4) is 0 Å². The molecular formula is C14H16BrNO3. The molecule has 4 nitrogen and oxygen atoms in total. The molecule has 0 fully saturated rings. The molecule has 1 atom stereocenters. The van der Waals surface area contributed by atoms with E-state index in [0.29, 0.717) is 17.9 Å². The van der Waals surface area contributed by atoms with E-state index in [1.165, 1.54) is 0 Å². The average Bonchev–Trinajstić information content (AvgIpc) is 2.85. The minimum atomic E-state index is -0.299. The molecule has 2 rings (SSSR count). The summed E-state index contributed by atoms with van der Waals surface area (Å²) in [4.78, 5) is 0. The largest absolute Gasteiger partial charge is 0.491 e. The zero-order valence-electron chi connectivity index (χ0n) is 10.6. The van der Waals surface area contributed by atoms with E-state index in [4.69, 9.17) is 19.6 Å². The number of ether oxygens (including phenoxy) is 2. The number of hydrogen-bond donors (Lipinski definition) is 1. The van der Waals surface area contributed by atoms with Crippen LogP contribution in [0, 0.1) is 0 Å². The van der Waals surface area contributed by atoms with Crippen molar-refractivity contribution < 1.29 is 13.9 Å². The molecule has 1 aromatic carbocycles. The SMILES string of the molecule is COCCOc1ccccc1C(N)c1ccoc1Br. The van der Waals surface area contributed by atoms with Crippen LogP contribution in [0.5, 0.6) is 5.75 Å². The third-order valence-corrected chi connectivity index (χ3v) is 3.42. The van der Waals surface area contributed by atoms with Crippen molar-refractivity contribution in [1.29, 1.82) is 0 Å². The van der Waals surface area contributed by atoms with Crippen LogP contribution in [0.1, 0.15) is 17.2 Å². The van der Waals surface area contributed by atoms with Crippen LogP contribution >= 0.6 is 15.9 Å². The van der Waals surface area contributed by atoms with Crippen LogP contribution in [-0.2, 0) is 4.74 Å². The molecule has 0 saturated carbocycles. The van der Waals surface area contributed by atoms with Gasteiger partial charge in [0.15, 0.2) is 4.67 Å². The summed E-state index contributed by atoms with van der Waals surface area (Å²) in [5.74, 6) is 0.764. The van der Waals surface area contributed by atoms with Gasteiger partial charge < -0.3 is 19.6 Å². The molecule has 0 bridgehead atoms. The lowest BCUT2D eigenvalue weighted by atomic mass is 10.0. The topological polar surface area (TPSA) is 57.6 Å². The van der Waals surface area contributed by atoms with Gasteiger partial charge in [0.2, 0.25) is 0 Å². The van der Waals surface area contributed by atoms with E-state index in [9.17, 15) is 0 Å². The predicted molar refractivity (Wildman–Crippen MR) is 76.3 cm³/mol. The van der Waals surface area contributed by atoms with Gasteiger partial charge in [0.05, 0.1) is 18.9 Å². The average molecular weight is 326 g/mol. The number of rotatable bonds is 6. The summed E-state index contributed by atoms with van der Waals surface area (Å²) in [6.45, 7) is 1.03. The minimum absolute atomic E-state index is 0.299. The molecule has 0 saturated heterocycles. The highest BCUT2D eigenvalue weighted by molar-refractivity contribution is 9.10. The maximum atomic E-state index is 6.27. The van der Waals surface area contributed by atoms with Gasteiger partial charge in [0.1, 0.15) is 12.4 Å². The van der Waals surface area contributed by atoms with Gasteiger partial charge in [-0.25, -0.2) is 0 Å². The summed E-state index contributed by atoms with van der Waals surface area (Å²) >= 11 is 3.35. The maximum Gasteiger partial charge on any atom is 0.174 e. The number of methoxy groups -OCH3 is 1. The summed E-state index contributed by atoms with van der Waals surface area (Å²) in [7, 11) is 1.64. The van der Waals surface area contributed by atoms with E-state index in [1.807, 2.05) is 30.3 Å². The number of hydrogen-bond acceptors (Lipinski definition) is 4. The Balaban J connectivity index is 2.21. The fourth-order valence-electron chi connectivity index (χ4n) is 1.80. The van der Waals surface area contributed by atoms with Crippen LogP contribution in [-0.4, -0.2) is 20.3 Å². The normalized spacial score (nSPS) is 12.4. The molecule has 0 spiro atoms. The Morgan fingerprint density at radius 1 is 1.21 bits per heavy atom. The summed E-state index contributed by atoms with van der Waals surface area (Å²) in [6, 6.07) is 9.26. The monoisotopic (exact) mass is 325 g/mol. The quantitative estimate of drug-likeness (QED) is 0.829. The van der Waals surface area contributed by atoms with E-state index in [1.54, 1.807) is 13.4 Å². The molecule has 0 aliphatic carbocycles. The van der Waals surface area contributed by atoms with E-state index in [-0.39, 0.29) is 6.04 Å². The molecule has 19 heavy (non-hydrogen) atoms. The van der Waals surface area contributed by atoms with Gasteiger partial charge in [-0.15, -0.1) is 0 Å². The third kappa shape index (κ3) is 3.37. The first-order valence-electron chi connectivity index (χ1n) is 5.93. The predicted octanol–water partition coefficient (Wildman–Crippen LogP) is 3.12. The highest BCUT2D eigenvalue weighted by Crippen LogP contribution is 2.32. The molecule has 2 aromatic rings. The molecule has 1 unspecified atom stereocenters. The molecule has 102 valence electrons. The van der Waals surface area contributed by atoms with E-state index >= 15 is 0 Å². The van der Waals surface area contributed by atoms with Gasteiger partial charge in [-0.2, -0.15) is 0 Å². The number of nitrogens with two attached hydrogens (primary N) is 1. The number of furan rings is 1. The van der Waals surface area contributed by atoms with Gasteiger partial charge in [-0.05, 0) is 28.1 Å². The first-order valence-corrected chi connectivity index (χ1v) is 6.72. The molecule has 0 amide bonds. The molecule has 0 aliphatic heterocycles. The minimum Gasteiger partial charge on any atom is -0.491 e. The number of para-hydroxylation sites is 1. The highest BCUT2D eigenvalue weighted by Gasteiger charge is 2.18. The van der Waals surface area contributed by atoms with Crippen molar-refractivity contribution in [2.75, 3.05) is 20.3 Å². The molecular weight excluding hydrogens is 310 g/mol. The van der Waals surface area contributed by atoms with Crippen LogP contribution < -0.4 is 10.5 Å². The summed E-state index contributed by atoms with van der Waals surface area (Å²) < 4.78 is 16.5. The smallest absolute Gasteiger partial charge is 0.174 e. The molecule has 0 radical (unpaired) electrons. The Morgan fingerprint density at radius 2 is 2.00 bits per heavy atom. The van der Waals surface area contributed by atoms with Crippen molar-refractivity contribution >= 4 is 15.9 Å². The van der Waals surface area contributed by atoms with Gasteiger partial charge in [0, 0.05) is 18.2 Å². The fourth-order valence-corrected chi connectivity index (χ4v) is 2.28. The Bertz CT molecular complexity index is 527. The second kappa shape index (κ2) is 6.75. The van der Waals surface area contributed by atoms with Gasteiger partial charge >= 0.3 is 0 Å². The van der Waals surface area contributed by atoms with Crippen molar-refractivity contribution in [3.05, 3.63) is 52.4 Å². The van der Waals surface area contributed by atoms with Gasteiger partial charge in [-0.3, -0.25) is 0 Å². The summed E-state index contributed by atoms with van der Waals surface area (Å²) in [5, 5.41) is 0. The number of benzene rings is 1. The second-order valence-corrected chi connectivity index (χ2v) is 4.73. The van der Waals surface area contributed by atoms with E-state index < -0.39 is 0 Å². The summed E-state index contributed by atoms with van der Waals surface area (Å²) in [5.41, 5.74) is 8.07. The molecule has 1 heterocycles. The van der Waals surface area contributed by atoms with Crippen molar-refractivity contribution in [3.8, 4) is 5.75 Å². The van der Waals surface area contributed by atoms with Crippen molar-refractivity contribution in [3.63, 3.8) is 0 Å². The lowest BCUT2D eigenvalue weighted by Crippen LogP contribution is -2.14. The lowest BCUT2D eigenvalue weighted by molar-refractivity contribution is 0.145. The molecule has 5 heteroatoms. The molecule has 2 N–H and O–H groups in total. The Labute approximate surface area is 120 Å². The Kier molecular flexibility index (Phi) is 5.01. The van der Waals surface area contributed by atoms with Crippen LogP contribution in [0.2, 0.25) is 0 Å². The van der Waals surface area contributed by atoms with Crippen LogP contribution in [0.4, 0.5) is 0 Å². The van der Waals surface area contributed by atoms with E-state index in [0.717, 1.165) is 16.9 Å². The zero-order chi connectivity index (χ0) is 13.7. The Morgan fingerprint density at radius 3 is 2.68 bits per heavy atom. The number of halogens is 1. The lowest BCUT2D eigenvalue weighted by Gasteiger charge is -2.16. The van der Waals surface area contributed by atoms with Crippen LogP contribution in [0.15, 0.2) is 45.7 Å².